The highest BCUT2D eigenvalue weighted by Gasteiger charge is 2.25. The molecule has 0 saturated carbocycles. The molecule has 156 valence electrons. The molecular formula is C21H23N5O2S2. The highest BCUT2D eigenvalue weighted by atomic mass is 32.2. The summed E-state index contributed by atoms with van der Waals surface area (Å²) < 4.78 is 1.91. The number of amides is 2. The second-order valence-electron chi connectivity index (χ2n) is 7.24. The number of benzene rings is 1. The summed E-state index contributed by atoms with van der Waals surface area (Å²) in [5.74, 6) is 0.355. The number of carbonyl (C=O) groups excluding carboxylic acids is 2. The summed E-state index contributed by atoms with van der Waals surface area (Å²) in [6, 6.07) is 10.1. The number of carbonyl (C=O) groups is 2. The standard InChI is InChI=1S/C21H23N5O2S2/c1-26-16(11-13-7-3-2-4-8-13)24-25-21(26)29-12-17(27)23-20-18(19(22)28)14-9-5-6-10-15(14)30-20/h2-4,7-8H,5-6,9-12H2,1H3,(H2,22,28)(H,23,27). The summed E-state index contributed by atoms with van der Waals surface area (Å²) in [4.78, 5) is 25.7. The molecule has 3 N–H and O–H groups in total. The maximum Gasteiger partial charge on any atom is 0.251 e. The Hall–Kier alpha value is -2.65. The van der Waals surface area contributed by atoms with E-state index in [1.165, 1.54) is 23.1 Å². The van der Waals surface area contributed by atoms with Crippen molar-refractivity contribution in [1.29, 1.82) is 0 Å². The molecule has 0 saturated heterocycles. The number of hydrogen-bond donors (Lipinski definition) is 2. The molecule has 2 heterocycles. The summed E-state index contributed by atoms with van der Waals surface area (Å²) in [5.41, 5.74) is 8.25. The molecule has 0 bridgehead atoms. The van der Waals surface area contributed by atoms with Crippen molar-refractivity contribution in [2.24, 2.45) is 12.8 Å². The van der Waals surface area contributed by atoms with Gasteiger partial charge in [-0.15, -0.1) is 21.5 Å². The van der Waals surface area contributed by atoms with Crippen molar-refractivity contribution in [3.8, 4) is 0 Å². The van der Waals surface area contributed by atoms with Gasteiger partial charge in [0.2, 0.25) is 5.91 Å². The number of hydrogen-bond acceptors (Lipinski definition) is 6. The molecule has 0 atom stereocenters. The summed E-state index contributed by atoms with van der Waals surface area (Å²) in [6.45, 7) is 0. The van der Waals surface area contributed by atoms with E-state index in [0.717, 1.165) is 47.5 Å². The number of thioether (sulfide) groups is 1. The van der Waals surface area contributed by atoms with Gasteiger partial charge in [0.15, 0.2) is 5.16 Å². The minimum atomic E-state index is -0.476. The zero-order chi connectivity index (χ0) is 21.1. The van der Waals surface area contributed by atoms with Crippen LogP contribution >= 0.6 is 23.1 Å². The molecule has 0 unspecified atom stereocenters. The lowest BCUT2D eigenvalue weighted by atomic mass is 9.95. The third-order valence-corrected chi connectivity index (χ3v) is 7.36. The number of fused-ring (bicyclic) bond motifs is 1. The van der Waals surface area contributed by atoms with Crippen LogP contribution in [0.15, 0.2) is 35.5 Å². The molecule has 0 fully saturated rings. The van der Waals surface area contributed by atoms with E-state index in [4.69, 9.17) is 5.73 Å². The van der Waals surface area contributed by atoms with Crippen LogP contribution in [0.2, 0.25) is 0 Å². The minimum absolute atomic E-state index is 0.179. The first-order valence-corrected chi connectivity index (χ1v) is 11.6. The van der Waals surface area contributed by atoms with Crippen molar-refractivity contribution in [2.75, 3.05) is 11.1 Å². The molecule has 1 aromatic carbocycles. The van der Waals surface area contributed by atoms with E-state index in [1.807, 2.05) is 41.9 Å². The quantitative estimate of drug-likeness (QED) is 0.548. The van der Waals surface area contributed by atoms with Crippen molar-refractivity contribution in [3.63, 3.8) is 0 Å². The van der Waals surface area contributed by atoms with Crippen molar-refractivity contribution >= 4 is 39.9 Å². The molecule has 1 aliphatic rings. The van der Waals surface area contributed by atoms with Crippen molar-refractivity contribution in [2.45, 2.75) is 37.3 Å². The lowest BCUT2D eigenvalue weighted by Crippen LogP contribution is -2.19. The Kier molecular flexibility index (Phi) is 6.19. The van der Waals surface area contributed by atoms with Crippen LogP contribution in [-0.2, 0) is 31.1 Å². The zero-order valence-corrected chi connectivity index (χ0v) is 18.3. The zero-order valence-electron chi connectivity index (χ0n) is 16.7. The highest BCUT2D eigenvalue weighted by Crippen LogP contribution is 2.38. The Morgan fingerprint density at radius 2 is 1.97 bits per heavy atom. The fourth-order valence-electron chi connectivity index (χ4n) is 3.61. The first kappa shape index (κ1) is 20.6. The Labute approximate surface area is 183 Å². The van der Waals surface area contributed by atoms with E-state index in [9.17, 15) is 9.59 Å². The topological polar surface area (TPSA) is 103 Å². The number of primary amides is 1. The second kappa shape index (κ2) is 9.01. The van der Waals surface area contributed by atoms with Crippen LogP contribution in [0.5, 0.6) is 0 Å². The van der Waals surface area contributed by atoms with Crippen LogP contribution in [-0.4, -0.2) is 32.3 Å². The number of aryl methyl sites for hydroxylation is 1. The van der Waals surface area contributed by atoms with Crippen LogP contribution in [0.25, 0.3) is 0 Å². The third-order valence-electron chi connectivity index (χ3n) is 5.13. The average Bonchev–Trinajstić information content (AvgIpc) is 3.27. The molecule has 4 rings (SSSR count). The molecule has 3 aromatic rings. The molecule has 30 heavy (non-hydrogen) atoms. The highest BCUT2D eigenvalue weighted by molar-refractivity contribution is 7.99. The molecule has 0 radical (unpaired) electrons. The number of anilines is 1. The Morgan fingerprint density at radius 1 is 1.20 bits per heavy atom. The van der Waals surface area contributed by atoms with Gasteiger partial charge in [0, 0.05) is 18.3 Å². The Morgan fingerprint density at radius 3 is 2.73 bits per heavy atom. The number of nitrogens with two attached hydrogens (primary N) is 1. The lowest BCUT2D eigenvalue weighted by molar-refractivity contribution is -0.113. The van der Waals surface area contributed by atoms with E-state index in [-0.39, 0.29) is 11.7 Å². The number of thiophene rings is 1. The van der Waals surface area contributed by atoms with Gasteiger partial charge in [-0.1, -0.05) is 42.1 Å². The van der Waals surface area contributed by atoms with Gasteiger partial charge in [-0.05, 0) is 36.8 Å². The first-order valence-electron chi connectivity index (χ1n) is 9.82. The predicted octanol–water partition coefficient (Wildman–Crippen LogP) is 3.18. The smallest absolute Gasteiger partial charge is 0.251 e. The van der Waals surface area contributed by atoms with Crippen molar-refractivity contribution in [3.05, 3.63) is 57.7 Å². The van der Waals surface area contributed by atoms with Crippen LogP contribution in [0, 0.1) is 0 Å². The SMILES string of the molecule is Cn1c(Cc2ccccc2)nnc1SCC(=O)Nc1sc2c(c1C(N)=O)CCCC2. The third kappa shape index (κ3) is 4.41. The fraction of sp³-hybridized carbons (Fsp3) is 0.333. The molecule has 1 aliphatic carbocycles. The molecule has 7 nitrogen and oxygen atoms in total. The van der Waals surface area contributed by atoms with Gasteiger partial charge in [0.05, 0.1) is 11.3 Å². The summed E-state index contributed by atoms with van der Waals surface area (Å²) in [6.07, 6.45) is 4.61. The van der Waals surface area contributed by atoms with E-state index in [0.29, 0.717) is 22.1 Å². The van der Waals surface area contributed by atoms with Crippen LogP contribution < -0.4 is 11.1 Å². The lowest BCUT2D eigenvalue weighted by Gasteiger charge is -2.11. The predicted molar refractivity (Wildman–Crippen MR) is 119 cm³/mol. The van der Waals surface area contributed by atoms with Crippen LogP contribution in [0.3, 0.4) is 0 Å². The van der Waals surface area contributed by atoms with Crippen molar-refractivity contribution in [1.82, 2.24) is 14.8 Å². The molecule has 2 amide bonds. The average molecular weight is 442 g/mol. The molecular weight excluding hydrogens is 418 g/mol. The van der Waals surface area contributed by atoms with Gasteiger partial charge in [0.1, 0.15) is 10.8 Å². The van der Waals surface area contributed by atoms with Crippen molar-refractivity contribution < 1.29 is 9.59 Å². The first-order chi connectivity index (χ1) is 14.5. The molecule has 0 spiro atoms. The summed E-state index contributed by atoms with van der Waals surface area (Å²) in [7, 11) is 1.90. The monoisotopic (exact) mass is 441 g/mol. The Balaban J connectivity index is 1.40. The van der Waals surface area contributed by atoms with Gasteiger partial charge in [-0.25, -0.2) is 0 Å². The summed E-state index contributed by atoms with van der Waals surface area (Å²) in [5, 5.41) is 12.6. The van der Waals surface area contributed by atoms with E-state index in [2.05, 4.69) is 15.5 Å². The number of nitrogens with one attached hydrogen (secondary N) is 1. The number of nitrogens with zero attached hydrogens (tertiary/aromatic N) is 3. The normalized spacial score (nSPS) is 13.1. The molecule has 9 heteroatoms. The maximum atomic E-state index is 12.5. The van der Waals surface area contributed by atoms with Gasteiger partial charge in [0.25, 0.3) is 5.91 Å². The molecule has 0 aliphatic heterocycles. The van der Waals surface area contributed by atoms with Crippen LogP contribution in [0.1, 0.15) is 45.0 Å². The largest absolute Gasteiger partial charge is 0.365 e. The minimum Gasteiger partial charge on any atom is -0.365 e. The van der Waals surface area contributed by atoms with Crippen LogP contribution in [0.4, 0.5) is 5.00 Å². The fourth-order valence-corrected chi connectivity index (χ4v) is 5.65. The van der Waals surface area contributed by atoms with Gasteiger partial charge < -0.3 is 15.6 Å². The second-order valence-corrected chi connectivity index (χ2v) is 9.28. The molecule has 2 aromatic heterocycles. The van der Waals surface area contributed by atoms with Gasteiger partial charge >= 0.3 is 0 Å². The van der Waals surface area contributed by atoms with Gasteiger partial charge in [-0.3, -0.25) is 9.59 Å². The Bertz CT molecular complexity index is 1070. The van der Waals surface area contributed by atoms with E-state index < -0.39 is 5.91 Å². The van der Waals surface area contributed by atoms with E-state index >= 15 is 0 Å². The van der Waals surface area contributed by atoms with E-state index in [1.54, 1.807) is 0 Å². The summed E-state index contributed by atoms with van der Waals surface area (Å²) >= 11 is 2.79. The number of rotatable bonds is 7. The maximum absolute atomic E-state index is 12.5. The number of aromatic nitrogens is 3. The van der Waals surface area contributed by atoms with Gasteiger partial charge in [-0.2, -0.15) is 0 Å².